The average molecular weight is 327 g/mol. The van der Waals surface area contributed by atoms with Crippen LogP contribution in [0.1, 0.15) is 19.0 Å². The molecule has 0 unspecified atom stereocenters. The van der Waals surface area contributed by atoms with Crippen LogP contribution in [0.3, 0.4) is 0 Å². The van der Waals surface area contributed by atoms with Crippen LogP contribution in [-0.2, 0) is 6.42 Å². The molecule has 0 aliphatic rings. The lowest BCUT2D eigenvalue weighted by Gasteiger charge is -2.03. The van der Waals surface area contributed by atoms with E-state index in [0.717, 1.165) is 30.7 Å². The minimum Gasteiger partial charge on any atom is -0.322 e. The summed E-state index contributed by atoms with van der Waals surface area (Å²) in [4.78, 5) is 10.9. The van der Waals surface area contributed by atoms with Crippen molar-refractivity contribution in [1.29, 1.82) is 0 Å². The molecule has 22 heavy (non-hydrogen) atoms. The Balaban J connectivity index is 2.21. The summed E-state index contributed by atoms with van der Waals surface area (Å²) in [5.74, 6) is -1.24. The fourth-order valence-corrected chi connectivity index (χ4v) is 2.00. The predicted molar refractivity (Wildman–Crippen MR) is 80.8 cm³/mol. The molecule has 8 heteroatoms. The van der Waals surface area contributed by atoms with Gasteiger partial charge in [-0.2, -0.15) is 0 Å². The maximum absolute atomic E-state index is 13.5. The summed E-state index contributed by atoms with van der Waals surface area (Å²) in [5.41, 5.74) is 6.53. The molecular formula is C14H15ClF2N5+. The quantitative estimate of drug-likeness (QED) is 0.452. The predicted octanol–water partition coefficient (Wildman–Crippen LogP) is 1.50. The zero-order chi connectivity index (χ0) is 16.1. The summed E-state index contributed by atoms with van der Waals surface area (Å²) in [7, 11) is 0. The highest BCUT2D eigenvalue weighted by Gasteiger charge is 2.10. The Morgan fingerprint density at radius 2 is 2.09 bits per heavy atom. The maximum atomic E-state index is 13.5. The number of aromatic nitrogens is 2. The van der Waals surface area contributed by atoms with Gasteiger partial charge in [0.25, 0.3) is 5.96 Å². The van der Waals surface area contributed by atoms with E-state index in [-0.39, 0.29) is 22.7 Å². The molecule has 0 fully saturated rings. The molecule has 0 atom stereocenters. The molecule has 1 heterocycles. The van der Waals surface area contributed by atoms with Gasteiger partial charge in [-0.05, 0) is 25.0 Å². The number of benzene rings is 1. The molecule has 2 aromatic rings. The Kier molecular flexibility index (Phi) is 5.21. The van der Waals surface area contributed by atoms with E-state index in [1.54, 1.807) is 6.07 Å². The molecule has 0 aliphatic carbocycles. The van der Waals surface area contributed by atoms with Crippen LogP contribution in [-0.4, -0.2) is 15.9 Å². The van der Waals surface area contributed by atoms with Crippen molar-refractivity contribution in [2.45, 2.75) is 19.8 Å². The van der Waals surface area contributed by atoms with E-state index in [2.05, 4.69) is 20.3 Å². The van der Waals surface area contributed by atoms with Crippen molar-refractivity contribution in [3.8, 4) is 0 Å². The van der Waals surface area contributed by atoms with E-state index >= 15 is 0 Å². The molecule has 116 valence electrons. The van der Waals surface area contributed by atoms with Gasteiger partial charge in [0.2, 0.25) is 0 Å². The molecule has 0 saturated carbocycles. The van der Waals surface area contributed by atoms with Gasteiger partial charge in [-0.3, -0.25) is 5.32 Å². The number of hydrogen-bond acceptors (Lipinski definition) is 2. The summed E-state index contributed by atoms with van der Waals surface area (Å²) >= 11 is 5.91. The minimum absolute atomic E-state index is 0.00442. The van der Waals surface area contributed by atoms with Crippen molar-refractivity contribution in [2.75, 3.05) is 5.32 Å². The fraction of sp³-hybridized carbons (Fsp3) is 0.214. The van der Waals surface area contributed by atoms with E-state index < -0.39 is 11.6 Å². The van der Waals surface area contributed by atoms with Gasteiger partial charge in [0.15, 0.2) is 11.0 Å². The molecular weight excluding hydrogens is 312 g/mol. The number of guanidine groups is 1. The fourth-order valence-electron chi connectivity index (χ4n) is 1.79. The number of halogens is 3. The summed E-state index contributed by atoms with van der Waals surface area (Å²) in [6.45, 7) is 2.02. The lowest BCUT2D eigenvalue weighted by molar-refractivity contribution is -0.365. The zero-order valence-electron chi connectivity index (χ0n) is 11.8. The summed E-state index contributed by atoms with van der Waals surface area (Å²) in [6, 6.07) is 4.78. The average Bonchev–Trinajstić information content (AvgIpc) is 2.41. The summed E-state index contributed by atoms with van der Waals surface area (Å²) < 4.78 is 26.4. The Bertz CT molecular complexity index is 706. The lowest BCUT2D eigenvalue weighted by atomic mass is 10.2. The number of nitrogens with two attached hydrogens (primary N) is 1. The van der Waals surface area contributed by atoms with Crippen LogP contribution in [0, 0.1) is 11.6 Å². The first kappa shape index (κ1) is 16.1. The van der Waals surface area contributed by atoms with Crippen LogP contribution in [0.15, 0.2) is 24.3 Å². The lowest BCUT2D eigenvalue weighted by Crippen LogP contribution is -2.72. The van der Waals surface area contributed by atoms with Crippen molar-refractivity contribution in [1.82, 2.24) is 9.97 Å². The molecule has 0 spiro atoms. The van der Waals surface area contributed by atoms with Crippen LogP contribution in [0.4, 0.5) is 20.4 Å². The number of rotatable bonds is 4. The highest BCUT2D eigenvalue weighted by molar-refractivity contribution is 6.29. The second kappa shape index (κ2) is 7.13. The number of anilines is 1. The van der Waals surface area contributed by atoms with Crippen LogP contribution in [0.25, 0.3) is 0 Å². The number of nitrogens with zero attached hydrogens (tertiary/aromatic N) is 2. The molecule has 0 radical (unpaired) electrons. The number of nitrogens with one attached hydrogen (secondary N) is 2. The normalized spacial score (nSPS) is 11.5. The zero-order valence-corrected chi connectivity index (χ0v) is 12.6. The minimum atomic E-state index is -0.761. The van der Waals surface area contributed by atoms with Gasteiger partial charge in [0.1, 0.15) is 11.5 Å². The van der Waals surface area contributed by atoms with Crippen LogP contribution in [0.5, 0.6) is 0 Å². The second-order valence-corrected chi connectivity index (χ2v) is 4.93. The smallest absolute Gasteiger partial charge is 0.322 e. The third-order valence-corrected chi connectivity index (χ3v) is 2.89. The Morgan fingerprint density at radius 1 is 1.32 bits per heavy atom. The molecule has 2 rings (SSSR count). The van der Waals surface area contributed by atoms with Gasteiger partial charge >= 0.3 is 5.95 Å². The first-order valence-electron chi connectivity index (χ1n) is 6.63. The van der Waals surface area contributed by atoms with E-state index in [0.29, 0.717) is 0 Å². The molecule has 0 saturated heterocycles. The van der Waals surface area contributed by atoms with Crippen LogP contribution in [0.2, 0.25) is 5.15 Å². The summed E-state index contributed by atoms with van der Waals surface area (Å²) in [5, 5.41) is 2.85. The van der Waals surface area contributed by atoms with Gasteiger partial charge in [-0.15, -0.1) is 9.97 Å². The number of hydrogen-bond donors (Lipinski definition) is 3. The van der Waals surface area contributed by atoms with Crippen molar-refractivity contribution in [3.05, 3.63) is 46.7 Å². The van der Waals surface area contributed by atoms with E-state index in [1.807, 2.05) is 6.92 Å². The highest BCUT2D eigenvalue weighted by Crippen LogP contribution is 2.14. The van der Waals surface area contributed by atoms with E-state index in [4.69, 9.17) is 17.3 Å². The third-order valence-electron chi connectivity index (χ3n) is 2.70. The first-order chi connectivity index (χ1) is 10.5. The van der Waals surface area contributed by atoms with Crippen molar-refractivity contribution in [3.63, 3.8) is 0 Å². The molecule has 5 nitrogen and oxygen atoms in total. The van der Waals surface area contributed by atoms with Crippen LogP contribution >= 0.6 is 11.6 Å². The standard InChI is InChI=1S/C14H14ClF2N5/c1-2-3-9-7-12(15)21-14(19-9)22-13(18)20-11-5-4-8(16)6-10(11)17/h4-7H,2-3H2,1H3,(H3,18,19,20,21,22)/p+1. The summed E-state index contributed by atoms with van der Waals surface area (Å²) in [6.07, 6.45) is 1.65. The van der Waals surface area contributed by atoms with E-state index in [9.17, 15) is 8.78 Å². The molecule has 0 amide bonds. The Hall–Kier alpha value is -2.28. The van der Waals surface area contributed by atoms with Gasteiger partial charge in [0, 0.05) is 12.1 Å². The van der Waals surface area contributed by atoms with Gasteiger partial charge in [-0.1, -0.05) is 18.5 Å². The van der Waals surface area contributed by atoms with E-state index in [1.165, 1.54) is 6.07 Å². The van der Waals surface area contributed by atoms with Gasteiger partial charge in [0.05, 0.1) is 5.69 Å². The first-order valence-corrected chi connectivity index (χ1v) is 7.00. The largest absolute Gasteiger partial charge is 0.355 e. The third kappa shape index (κ3) is 4.36. The highest BCUT2D eigenvalue weighted by atomic mass is 35.5. The SMILES string of the molecule is CCCc1cc(Cl)nc([NH+]=C(N)Nc2ccc(F)cc2F)n1. The molecule has 0 bridgehead atoms. The number of aryl methyl sites for hydroxylation is 1. The Morgan fingerprint density at radius 3 is 2.77 bits per heavy atom. The van der Waals surface area contributed by atoms with Crippen molar-refractivity contribution in [2.24, 2.45) is 5.73 Å². The molecule has 0 aliphatic heterocycles. The van der Waals surface area contributed by atoms with Crippen molar-refractivity contribution >= 4 is 29.2 Å². The Labute approximate surface area is 131 Å². The second-order valence-electron chi connectivity index (χ2n) is 4.54. The molecule has 1 aromatic heterocycles. The maximum Gasteiger partial charge on any atom is 0.355 e. The molecule has 1 aromatic carbocycles. The van der Waals surface area contributed by atoms with Crippen molar-refractivity contribution < 1.29 is 13.8 Å². The topological polar surface area (TPSA) is 77.8 Å². The monoisotopic (exact) mass is 326 g/mol. The molecule has 4 N–H and O–H groups in total. The van der Waals surface area contributed by atoms with Crippen LogP contribution < -0.4 is 16.0 Å². The van der Waals surface area contributed by atoms with Gasteiger partial charge < -0.3 is 5.73 Å². The van der Waals surface area contributed by atoms with Gasteiger partial charge in [-0.25, -0.2) is 13.8 Å².